The summed E-state index contributed by atoms with van der Waals surface area (Å²) >= 11 is 0. The van der Waals surface area contributed by atoms with Crippen LogP contribution in [0, 0.1) is 5.41 Å². The molecule has 0 radical (unpaired) electrons. The molecule has 2 unspecified atom stereocenters. The average Bonchev–Trinajstić information content (AvgIpc) is 3.05. The van der Waals surface area contributed by atoms with Crippen LogP contribution in [0.2, 0.25) is 0 Å². The maximum atomic E-state index is 12.2. The van der Waals surface area contributed by atoms with Crippen molar-refractivity contribution in [3.8, 4) is 0 Å². The predicted molar refractivity (Wildman–Crippen MR) is 112 cm³/mol. The monoisotopic (exact) mass is 389 g/mol. The Balaban J connectivity index is 0.00000190. The Morgan fingerprint density at radius 1 is 1.29 bits per heavy atom. The lowest BCUT2D eigenvalue weighted by Gasteiger charge is -2.28. The van der Waals surface area contributed by atoms with Crippen LogP contribution < -0.4 is 0 Å². The van der Waals surface area contributed by atoms with E-state index in [1.54, 1.807) is 24.3 Å². The lowest BCUT2D eigenvalue weighted by Crippen LogP contribution is -2.34. The molecule has 0 aliphatic carbocycles. The van der Waals surface area contributed by atoms with E-state index in [0.717, 1.165) is 18.4 Å². The van der Waals surface area contributed by atoms with Gasteiger partial charge in [0.1, 0.15) is 0 Å². The van der Waals surface area contributed by atoms with Gasteiger partial charge in [-0.1, -0.05) is 58.9 Å². The molecule has 1 saturated heterocycles. The van der Waals surface area contributed by atoms with E-state index in [-0.39, 0.29) is 22.9 Å². The zero-order valence-corrected chi connectivity index (χ0v) is 17.8. The van der Waals surface area contributed by atoms with Crippen LogP contribution in [-0.4, -0.2) is 45.7 Å². The molecule has 1 amide bonds. The Hall–Kier alpha value is -2.14. The number of aromatic carboxylic acids is 1. The number of rotatable bonds is 8. The van der Waals surface area contributed by atoms with Gasteiger partial charge in [-0.05, 0) is 42.4 Å². The molecule has 1 fully saturated rings. The maximum Gasteiger partial charge on any atom is 0.335 e. The number of hydrogen-bond donors (Lipinski definition) is 2. The van der Waals surface area contributed by atoms with Crippen molar-refractivity contribution >= 4 is 11.9 Å². The fraction of sp³-hybridized carbons (Fsp3) is 0.565. The van der Waals surface area contributed by atoms with E-state index in [1.165, 1.54) is 0 Å². The summed E-state index contributed by atoms with van der Waals surface area (Å²) in [5.41, 5.74) is 1.08. The Labute approximate surface area is 169 Å². The van der Waals surface area contributed by atoms with E-state index < -0.39 is 12.1 Å². The van der Waals surface area contributed by atoms with Gasteiger partial charge in [0.2, 0.25) is 5.91 Å². The second kappa shape index (κ2) is 11.0. The first-order valence-corrected chi connectivity index (χ1v) is 10.2. The molecule has 1 aliphatic rings. The summed E-state index contributed by atoms with van der Waals surface area (Å²) < 4.78 is 0. The molecule has 5 heteroatoms. The summed E-state index contributed by atoms with van der Waals surface area (Å²) in [6.45, 7) is 10.7. The van der Waals surface area contributed by atoms with Crippen molar-refractivity contribution in [3.63, 3.8) is 0 Å². The third-order valence-corrected chi connectivity index (χ3v) is 5.44. The molecule has 28 heavy (non-hydrogen) atoms. The smallest absolute Gasteiger partial charge is 0.335 e. The number of carbonyl (C=O) groups is 2. The van der Waals surface area contributed by atoms with Crippen molar-refractivity contribution < 1.29 is 19.8 Å². The van der Waals surface area contributed by atoms with Crippen molar-refractivity contribution in [2.45, 2.75) is 72.4 Å². The summed E-state index contributed by atoms with van der Waals surface area (Å²) in [5.74, 6) is -0.809. The molecule has 0 bridgehead atoms. The van der Waals surface area contributed by atoms with Crippen LogP contribution in [0.25, 0.3) is 0 Å². The first kappa shape index (κ1) is 23.9. The average molecular weight is 390 g/mol. The Bertz CT molecular complexity index is 664. The number of carboxylic acids is 1. The first-order chi connectivity index (χ1) is 13.2. The molecule has 0 spiro atoms. The predicted octanol–water partition coefficient (Wildman–Crippen LogP) is 4.30. The van der Waals surface area contributed by atoms with Crippen molar-refractivity contribution in [2.75, 3.05) is 6.54 Å². The van der Waals surface area contributed by atoms with Gasteiger partial charge < -0.3 is 15.1 Å². The highest BCUT2D eigenvalue weighted by atomic mass is 16.4. The maximum absolute atomic E-state index is 12.2. The Morgan fingerprint density at radius 3 is 2.43 bits per heavy atom. The number of aliphatic hydroxyl groups excluding tert-OH is 1. The number of benzene rings is 1. The number of carboxylic acid groups (broad SMARTS) is 1. The van der Waals surface area contributed by atoms with Gasteiger partial charge in [-0.3, -0.25) is 4.79 Å². The lowest BCUT2D eigenvalue weighted by atomic mass is 9.83. The topological polar surface area (TPSA) is 77.8 Å². The standard InChI is InChI=1S/C21H29NO4.C2H6/c1-4-21(2,3)18(23)11-9-17-10-12-19(24)22(17)14-13-15-5-7-16(8-6-15)20(25)26;1-2/h5-9,11,17-18,23H,4,10,12-14H2,1-3H3,(H,25,26);1-2H3/b11-9+;. The van der Waals surface area contributed by atoms with Gasteiger partial charge in [0.05, 0.1) is 17.7 Å². The van der Waals surface area contributed by atoms with Crippen LogP contribution in [0.15, 0.2) is 36.4 Å². The number of amides is 1. The second-order valence-corrected chi connectivity index (χ2v) is 7.62. The zero-order chi connectivity index (χ0) is 21.3. The van der Waals surface area contributed by atoms with Gasteiger partial charge in [-0.2, -0.15) is 0 Å². The number of aliphatic hydroxyl groups is 1. The minimum Gasteiger partial charge on any atom is -0.478 e. The molecule has 1 aromatic rings. The summed E-state index contributed by atoms with van der Waals surface area (Å²) in [6, 6.07) is 6.78. The van der Waals surface area contributed by atoms with Gasteiger partial charge in [0.25, 0.3) is 0 Å². The van der Waals surface area contributed by atoms with E-state index in [2.05, 4.69) is 6.92 Å². The molecule has 1 aliphatic heterocycles. The summed E-state index contributed by atoms with van der Waals surface area (Å²) in [5, 5.41) is 19.3. The SMILES string of the molecule is CC.CCC(C)(C)C(O)/C=C/C1CCC(=O)N1CCc1ccc(C(=O)O)cc1. The summed E-state index contributed by atoms with van der Waals surface area (Å²) in [4.78, 5) is 25.0. The van der Waals surface area contributed by atoms with Gasteiger partial charge in [-0.25, -0.2) is 4.79 Å². The zero-order valence-electron chi connectivity index (χ0n) is 17.8. The molecular weight excluding hydrogens is 354 g/mol. The summed E-state index contributed by atoms with van der Waals surface area (Å²) in [6.07, 6.45) is 6.10. The quantitative estimate of drug-likeness (QED) is 0.650. The molecule has 2 N–H and O–H groups in total. The Morgan fingerprint density at radius 2 is 1.89 bits per heavy atom. The third-order valence-electron chi connectivity index (χ3n) is 5.44. The van der Waals surface area contributed by atoms with Crippen LogP contribution in [0.5, 0.6) is 0 Å². The highest BCUT2D eigenvalue weighted by Crippen LogP contribution is 2.27. The number of likely N-dealkylation sites (tertiary alicyclic amines) is 1. The molecule has 1 heterocycles. The molecule has 0 aromatic heterocycles. The Kier molecular flexibility index (Phi) is 9.39. The van der Waals surface area contributed by atoms with Gasteiger partial charge >= 0.3 is 5.97 Å². The minimum atomic E-state index is -0.940. The van der Waals surface area contributed by atoms with Gasteiger partial charge in [-0.15, -0.1) is 0 Å². The largest absolute Gasteiger partial charge is 0.478 e. The van der Waals surface area contributed by atoms with E-state index in [0.29, 0.717) is 19.4 Å². The molecular formula is C23H35NO4. The highest BCUT2D eigenvalue weighted by Gasteiger charge is 2.30. The van der Waals surface area contributed by atoms with E-state index >= 15 is 0 Å². The van der Waals surface area contributed by atoms with Crippen LogP contribution >= 0.6 is 0 Å². The van der Waals surface area contributed by atoms with Gasteiger partial charge in [0.15, 0.2) is 0 Å². The lowest BCUT2D eigenvalue weighted by molar-refractivity contribution is -0.128. The molecule has 0 saturated carbocycles. The molecule has 2 rings (SSSR count). The van der Waals surface area contributed by atoms with Crippen LogP contribution in [0.3, 0.4) is 0 Å². The van der Waals surface area contributed by atoms with Crippen LogP contribution in [0.4, 0.5) is 0 Å². The highest BCUT2D eigenvalue weighted by molar-refractivity contribution is 5.87. The molecule has 2 atom stereocenters. The van der Waals surface area contributed by atoms with Crippen molar-refractivity contribution in [1.82, 2.24) is 4.90 Å². The fourth-order valence-electron chi connectivity index (χ4n) is 3.01. The molecule has 156 valence electrons. The number of hydrogen-bond acceptors (Lipinski definition) is 3. The van der Waals surface area contributed by atoms with Crippen molar-refractivity contribution in [2.24, 2.45) is 5.41 Å². The third kappa shape index (κ3) is 6.48. The minimum absolute atomic E-state index is 0.0168. The molecule has 1 aromatic carbocycles. The second-order valence-electron chi connectivity index (χ2n) is 7.62. The summed E-state index contributed by atoms with van der Waals surface area (Å²) in [7, 11) is 0. The number of carbonyl (C=O) groups excluding carboxylic acids is 1. The first-order valence-electron chi connectivity index (χ1n) is 10.2. The van der Waals surface area contributed by atoms with Crippen molar-refractivity contribution in [3.05, 3.63) is 47.5 Å². The van der Waals surface area contributed by atoms with Crippen molar-refractivity contribution in [1.29, 1.82) is 0 Å². The van der Waals surface area contributed by atoms with Crippen LogP contribution in [0.1, 0.15) is 69.8 Å². The normalized spacial score (nSPS) is 18.1. The van der Waals surface area contributed by atoms with Crippen LogP contribution in [-0.2, 0) is 11.2 Å². The van der Waals surface area contributed by atoms with E-state index in [4.69, 9.17) is 5.11 Å². The molecule has 5 nitrogen and oxygen atoms in total. The van der Waals surface area contributed by atoms with E-state index in [9.17, 15) is 14.7 Å². The number of nitrogens with zero attached hydrogens (tertiary/aromatic N) is 1. The van der Waals surface area contributed by atoms with E-state index in [1.807, 2.05) is 44.7 Å². The fourth-order valence-corrected chi connectivity index (χ4v) is 3.01. The van der Waals surface area contributed by atoms with Gasteiger partial charge in [0, 0.05) is 13.0 Å².